The number of likely N-dealkylation sites (tertiary alicyclic amines) is 1. The number of carbonyl (C=O) groups excluding carboxylic acids is 2. The minimum absolute atomic E-state index is 0. The highest BCUT2D eigenvalue weighted by Gasteiger charge is 2.28. The Morgan fingerprint density at radius 3 is 2.67 bits per heavy atom. The van der Waals surface area contributed by atoms with Crippen LogP contribution >= 0.6 is 12.4 Å². The average Bonchev–Trinajstić information content (AvgIpc) is 2.95. The molecule has 5 nitrogen and oxygen atoms in total. The van der Waals surface area contributed by atoms with E-state index in [-0.39, 0.29) is 42.1 Å². The summed E-state index contributed by atoms with van der Waals surface area (Å²) < 4.78 is 27.0. The second-order valence-electron chi connectivity index (χ2n) is 5.85. The molecule has 1 saturated heterocycles. The van der Waals surface area contributed by atoms with E-state index in [2.05, 4.69) is 5.32 Å². The fourth-order valence-corrected chi connectivity index (χ4v) is 2.82. The van der Waals surface area contributed by atoms with Crippen molar-refractivity contribution in [1.29, 1.82) is 0 Å². The third-order valence-electron chi connectivity index (χ3n) is 4.07. The molecule has 8 heteroatoms. The number of nitrogens with two attached hydrogens (primary N) is 1. The van der Waals surface area contributed by atoms with Gasteiger partial charge in [-0.2, -0.15) is 0 Å². The lowest BCUT2D eigenvalue weighted by molar-refractivity contribution is -0.131. The van der Waals surface area contributed by atoms with Gasteiger partial charge >= 0.3 is 0 Å². The van der Waals surface area contributed by atoms with E-state index < -0.39 is 17.7 Å². The first-order valence-corrected chi connectivity index (χ1v) is 7.60. The summed E-state index contributed by atoms with van der Waals surface area (Å²) in [6.45, 7) is 3.00. The van der Waals surface area contributed by atoms with Gasteiger partial charge < -0.3 is 16.0 Å². The van der Waals surface area contributed by atoms with Crippen molar-refractivity contribution in [3.05, 3.63) is 35.4 Å². The number of benzene rings is 1. The summed E-state index contributed by atoms with van der Waals surface area (Å²) in [5.41, 5.74) is 5.71. The number of nitrogens with zero attached hydrogens (tertiary/aromatic N) is 1. The van der Waals surface area contributed by atoms with Gasteiger partial charge in [-0.3, -0.25) is 9.59 Å². The highest BCUT2D eigenvalue weighted by Crippen LogP contribution is 2.24. The van der Waals surface area contributed by atoms with E-state index in [9.17, 15) is 18.4 Å². The quantitative estimate of drug-likeness (QED) is 0.839. The number of hydrogen-bond acceptors (Lipinski definition) is 3. The van der Waals surface area contributed by atoms with Crippen molar-refractivity contribution >= 4 is 24.2 Å². The molecule has 1 fully saturated rings. The average molecular weight is 362 g/mol. The summed E-state index contributed by atoms with van der Waals surface area (Å²) in [7, 11) is 0. The van der Waals surface area contributed by atoms with E-state index >= 15 is 0 Å². The molecule has 2 unspecified atom stereocenters. The highest BCUT2D eigenvalue weighted by atomic mass is 35.5. The molecule has 134 valence electrons. The molecule has 2 rings (SSSR count). The Balaban J connectivity index is 0.00000288. The molecule has 1 heterocycles. The molecule has 0 aromatic heterocycles. The van der Waals surface area contributed by atoms with Gasteiger partial charge in [-0.1, -0.05) is 6.07 Å². The predicted octanol–water partition coefficient (Wildman–Crippen LogP) is 1.76. The molecule has 1 aliphatic rings. The van der Waals surface area contributed by atoms with E-state index in [1.807, 2.05) is 0 Å². The van der Waals surface area contributed by atoms with E-state index in [1.165, 1.54) is 13.0 Å². The Bertz CT molecular complexity index is 601. The maximum Gasteiger partial charge on any atom is 0.225 e. The lowest BCUT2D eigenvalue weighted by Gasteiger charge is -2.22. The van der Waals surface area contributed by atoms with Crippen molar-refractivity contribution < 1.29 is 18.4 Å². The molecule has 2 amide bonds. The Hall–Kier alpha value is -1.73. The number of nitrogens with one attached hydrogen (secondary N) is 1. The maximum atomic E-state index is 14.0. The summed E-state index contributed by atoms with van der Waals surface area (Å²) in [5.74, 6) is -1.76. The van der Waals surface area contributed by atoms with Crippen LogP contribution in [0.25, 0.3) is 0 Å². The standard InChI is InChI=1S/C16H21F2N3O2.ClH/c1-10(22)20-15(13-3-2-12(17)6-14(13)18)7-16(23)21-5-4-11(8-19)9-21;/h2-3,6,11,15H,4-5,7-9,19H2,1H3,(H,20,22);1H. The number of hydrogen-bond donors (Lipinski definition) is 2. The number of halogens is 3. The Labute approximate surface area is 146 Å². The largest absolute Gasteiger partial charge is 0.349 e. The molecule has 0 aliphatic carbocycles. The predicted molar refractivity (Wildman–Crippen MR) is 88.5 cm³/mol. The van der Waals surface area contributed by atoms with E-state index in [1.54, 1.807) is 4.90 Å². The molecular formula is C16H22ClF2N3O2. The van der Waals surface area contributed by atoms with Crippen LogP contribution in [0.2, 0.25) is 0 Å². The summed E-state index contributed by atoms with van der Waals surface area (Å²) in [6, 6.07) is 2.29. The van der Waals surface area contributed by atoms with Crippen LogP contribution in [0.15, 0.2) is 18.2 Å². The van der Waals surface area contributed by atoms with Crippen molar-refractivity contribution in [1.82, 2.24) is 10.2 Å². The van der Waals surface area contributed by atoms with Gasteiger partial charge in [0.1, 0.15) is 11.6 Å². The van der Waals surface area contributed by atoms with Gasteiger partial charge in [0, 0.05) is 31.6 Å². The molecule has 0 bridgehead atoms. The summed E-state index contributed by atoms with van der Waals surface area (Å²) in [6.07, 6.45) is 0.775. The Morgan fingerprint density at radius 2 is 2.12 bits per heavy atom. The molecule has 24 heavy (non-hydrogen) atoms. The van der Waals surface area contributed by atoms with Crippen LogP contribution in [0.1, 0.15) is 31.4 Å². The molecular weight excluding hydrogens is 340 g/mol. The van der Waals surface area contributed by atoms with Crippen molar-refractivity contribution in [3.63, 3.8) is 0 Å². The lowest BCUT2D eigenvalue weighted by Crippen LogP contribution is -2.35. The van der Waals surface area contributed by atoms with Crippen LogP contribution in [-0.2, 0) is 9.59 Å². The zero-order chi connectivity index (χ0) is 17.0. The molecule has 1 aromatic rings. The Morgan fingerprint density at radius 1 is 1.42 bits per heavy atom. The topological polar surface area (TPSA) is 75.4 Å². The van der Waals surface area contributed by atoms with Crippen molar-refractivity contribution in [2.75, 3.05) is 19.6 Å². The fourth-order valence-electron chi connectivity index (χ4n) is 2.82. The molecule has 3 N–H and O–H groups in total. The normalized spacial score (nSPS) is 18.0. The second-order valence-corrected chi connectivity index (χ2v) is 5.85. The highest BCUT2D eigenvalue weighted by molar-refractivity contribution is 5.85. The van der Waals surface area contributed by atoms with Gasteiger partial charge in [-0.25, -0.2) is 8.78 Å². The zero-order valence-electron chi connectivity index (χ0n) is 13.4. The van der Waals surface area contributed by atoms with Crippen molar-refractivity contribution in [3.8, 4) is 0 Å². The summed E-state index contributed by atoms with van der Waals surface area (Å²) in [4.78, 5) is 25.4. The van der Waals surface area contributed by atoms with E-state index in [0.29, 0.717) is 19.6 Å². The monoisotopic (exact) mass is 361 g/mol. The van der Waals surface area contributed by atoms with Gasteiger partial charge in [-0.05, 0) is 24.9 Å². The van der Waals surface area contributed by atoms with Gasteiger partial charge in [0.15, 0.2) is 0 Å². The molecule has 0 radical (unpaired) electrons. The minimum atomic E-state index is -0.822. The third kappa shape index (κ3) is 5.14. The van der Waals surface area contributed by atoms with Gasteiger partial charge in [0.25, 0.3) is 0 Å². The van der Waals surface area contributed by atoms with Crippen LogP contribution in [0.5, 0.6) is 0 Å². The third-order valence-corrected chi connectivity index (χ3v) is 4.07. The molecule has 2 atom stereocenters. The smallest absolute Gasteiger partial charge is 0.225 e. The molecule has 0 saturated carbocycles. The fraction of sp³-hybridized carbons (Fsp3) is 0.500. The van der Waals surface area contributed by atoms with Crippen LogP contribution < -0.4 is 11.1 Å². The number of rotatable bonds is 5. The van der Waals surface area contributed by atoms with Gasteiger partial charge in [-0.15, -0.1) is 12.4 Å². The zero-order valence-corrected chi connectivity index (χ0v) is 14.2. The Kier molecular flexibility index (Phi) is 7.57. The first kappa shape index (κ1) is 20.3. The van der Waals surface area contributed by atoms with E-state index in [4.69, 9.17) is 5.73 Å². The second kappa shape index (κ2) is 8.94. The SMILES string of the molecule is CC(=O)NC(CC(=O)N1CCC(CN)C1)c1ccc(F)cc1F.Cl. The maximum absolute atomic E-state index is 14.0. The summed E-state index contributed by atoms with van der Waals surface area (Å²) >= 11 is 0. The number of amides is 2. The first-order valence-electron chi connectivity index (χ1n) is 7.60. The van der Waals surface area contributed by atoms with Crippen LogP contribution in [0.4, 0.5) is 8.78 Å². The van der Waals surface area contributed by atoms with Crippen molar-refractivity contribution in [2.24, 2.45) is 11.7 Å². The van der Waals surface area contributed by atoms with Crippen LogP contribution in [0, 0.1) is 17.6 Å². The van der Waals surface area contributed by atoms with Gasteiger partial charge in [0.2, 0.25) is 11.8 Å². The molecule has 1 aliphatic heterocycles. The molecule has 1 aromatic carbocycles. The van der Waals surface area contributed by atoms with Crippen LogP contribution in [0.3, 0.4) is 0 Å². The molecule has 0 spiro atoms. The van der Waals surface area contributed by atoms with Crippen molar-refractivity contribution in [2.45, 2.75) is 25.8 Å². The van der Waals surface area contributed by atoms with Crippen LogP contribution in [-0.4, -0.2) is 36.3 Å². The first-order chi connectivity index (χ1) is 10.9. The minimum Gasteiger partial charge on any atom is -0.349 e. The van der Waals surface area contributed by atoms with E-state index in [0.717, 1.165) is 18.6 Å². The number of carbonyl (C=O) groups is 2. The lowest BCUT2D eigenvalue weighted by atomic mass is 10.0. The summed E-state index contributed by atoms with van der Waals surface area (Å²) in [5, 5.41) is 2.56. The van der Waals surface area contributed by atoms with Gasteiger partial charge in [0.05, 0.1) is 12.5 Å².